The van der Waals surface area contributed by atoms with E-state index in [0.29, 0.717) is 13.0 Å². The van der Waals surface area contributed by atoms with Crippen molar-refractivity contribution in [2.75, 3.05) is 6.54 Å². The van der Waals surface area contributed by atoms with Crippen LogP contribution in [0.2, 0.25) is 0 Å². The maximum Gasteiger partial charge on any atom is 0.117 e. The van der Waals surface area contributed by atoms with Gasteiger partial charge in [-0.05, 0) is 51.3 Å². The highest BCUT2D eigenvalue weighted by molar-refractivity contribution is 5.30. The summed E-state index contributed by atoms with van der Waals surface area (Å²) in [5.74, 6) is 0. The summed E-state index contributed by atoms with van der Waals surface area (Å²) >= 11 is 0. The third kappa shape index (κ3) is 5.31. The van der Waals surface area contributed by atoms with Gasteiger partial charge < -0.3 is 5.32 Å². The van der Waals surface area contributed by atoms with Crippen LogP contribution in [-0.4, -0.2) is 18.3 Å². The van der Waals surface area contributed by atoms with Crippen molar-refractivity contribution in [3.8, 4) is 0 Å². The molecule has 1 aromatic rings. The van der Waals surface area contributed by atoms with E-state index in [4.69, 9.17) is 0 Å². The molecule has 0 heterocycles. The number of hydrogen-bond donors (Lipinski definition) is 1. The number of aryl methyl sites for hydroxylation is 2. The van der Waals surface area contributed by atoms with Crippen LogP contribution >= 0.6 is 0 Å². The van der Waals surface area contributed by atoms with E-state index in [1.807, 2.05) is 6.07 Å². The van der Waals surface area contributed by atoms with Crippen LogP contribution in [0.4, 0.5) is 4.39 Å². The van der Waals surface area contributed by atoms with Gasteiger partial charge in [-0.2, -0.15) is 0 Å². The topological polar surface area (TPSA) is 12.0 Å². The lowest BCUT2D eigenvalue weighted by atomic mass is 10.0. The molecule has 2 heteroatoms. The fourth-order valence-electron chi connectivity index (χ4n) is 1.68. The second kappa shape index (κ2) is 5.63. The Morgan fingerprint density at radius 3 is 2.35 bits per heavy atom. The maximum absolute atomic E-state index is 13.8. The van der Waals surface area contributed by atoms with Crippen molar-refractivity contribution in [3.05, 3.63) is 34.9 Å². The number of halogens is 1. The van der Waals surface area contributed by atoms with Crippen LogP contribution in [0.3, 0.4) is 0 Å². The summed E-state index contributed by atoms with van der Waals surface area (Å²) in [6.07, 6.45) is -0.333. The smallest absolute Gasteiger partial charge is 0.117 e. The van der Waals surface area contributed by atoms with Gasteiger partial charge in [-0.15, -0.1) is 0 Å². The van der Waals surface area contributed by atoms with Gasteiger partial charge in [0.05, 0.1) is 0 Å². The van der Waals surface area contributed by atoms with Gasteiger partial charge in [0.2, 0.25) is 0 Å². The monoisotopic (exact) mass is 237 g/mol. The first-order valence-corrected chi connectivity index (χ1v) is 6.23. The molecule has 0 fully saturated rings. The van der Waals surface area contributed by atoms with Gasteiger partial charge in [-0.3, -0.25) is 0 Å². The minimum absolute atomic E-state index is 0.0203. The number of nitrogens with one attached hydrogen (secondary N) is 1. The van der Waals surface area contributed by atoms with Crippen molar-refractivity contribution in [2.45, 2.75) is 52.8 Å². The lowest BCUT2D eigenvalue weighted by Crippen LogP contribution is -2.40. The average molecular weight is 237 g/mol. The van der Waals surface area contributed by atoms with Crippen molar-refractivity contribution in [1.82, 2.24) is 5.32 Å². The number of rotatable bonds is 4. The molecule has 1 nitrogen and oxygen atoms in total. The van der Waals surface area contributed by atoms with Crippen molar-refractivity contribution in [2.24, 2.45) is 0 Å². The molecule has 1 N–H and O–H groups in total. The van der Waals surface area contributed by atoms with Crippen LogP contribution in [0.15, 0.2) is 18.2 Å². The Bertz CT molecular complexity index is 366. The average Bonchev–Trinajstić information content (AvgIpc) is 2.20. The minimum Gasteiger partial charge on any atom is -0.309 e. The van der Waals surface area contributed by atoms with Crippen LogP contribution in [-0.2, 0) is 6.42 Å². The third-order valence-electron chi connectivity index (χ3n) is 2.88. The molecule has 1 aromatic carbocycles. The van der Waals surface area contributed by atoms with E-state index in [2.05, 4.69) is 52.1 Å². The number of hydrogen-bond acceptors (Lipinski definition) is 1. The van der Waals surface area contributed by atoms with E-state index in [0.717, 1.165) is 5.56 Å². The van der Waals surface area contributed by atoms with Gasteiger partial charge in [-0.25, -0.2) is 4.39 Å². The van der Waals surface area contributed by atoms with Crippen molar-refractivity contribution >= 4 is 0 Å². The minimum atomic E-state index is -0.823. The lowest BCUT2D eigenvalue weighted by molar-refractivity contribution is 0.284. The second-order valence-corrected chi connectivity index (χ2v) is 5.85. The Morgan fingerprint density at radius 2 is 1.82 bits per heavy atom. The standard InChI is InChI=1S/C15H24FN/c1-11-6-7-13(8-12(11)2)9-14(16)10-17-15(3,4)5/h6-8,14,17H,9-10H2,1-5H3. The van der Waals surface area contributed by atoms with Gasteiger partial charge in [0.15, 0.2) is 0 Å². The molecular weight excluding hydrogens is 213 g/mol. The molecule has 96 valence electrons. The Hall–Kier alpha value is -0.890. The predicted molar refractivity (Wildman–Crippen MR) is 72.3 cm³/mol. The summed E-state index contributed by atoms with van der Waals surface area (Å²) in [5, 5.41) is 3.19. The van der Waals surface area contributed by atoms with Gasteiger partial charge in [0.25, 0.3) is 0 Å². The second-order valence-electron chi connectivity index (χ2n) is 5.85. The highest BCUT2D eigenvalue weighted by Crippen LogP contribution is 2.13. The molecule has 0 saturated carbocycles. The van der Waals surface area contributed by atoms with Crippen molar-refractivity contribution < 1.29 is 4.39 Å². The third-order valence-corrected chi connectivity index (χ3v) is 2.88. The summed E-state index contributed by atoms with van der Waals surface area (Å²) < 4.78 is 13.8. The first-order chi connectivity index (χ1) is 7.78. The molecule has 0 aromatic heterocycles. The molecular formula is C15H24FN. The summed E-state index contributed by atoms with van der Waals surface area (Å²) in [4.78, 5) is 0. The lowest BCUT2D eigenvalue weighted by Gasteiger charge is -2.22. The Balaban J connectivity index is 2.50. The first-order valence-electron chi connectivity index (χ1n) is 6.23. The zero-order valence-electron chi connectivity index (χ0n) is 11.6. The zero-order chi connectivity index (χ0) is 13.1. The molecule has 0 bridgehead atoms. The van der Waals surface area contributed by atoms with Crippen molar-refractivity contribution in [3.63, 3.8) is 0 Å². The molecule has 17 heavy (non-hydrogen) atoms. The molecule has 0 saturated heterocycles. The molecule has 0 aliphatic carbocycles. The number of alkyl halides is 1. The molecule has 0 spiro atoms. The molecule has 0 radical (unpaired) electrons. The number of benzene rings is 1. The van der Waals surface area contributed by atoms with Gasteiger partial charge in [0.1, 0.15) is 6.17 Å². The van der Waals surface area contributed by atoms with Gasteiger partial charge >= 0.3 is 0 Å². The molecule has 1 rings (SSSR count). The van der Waals surface area contributed by atoms with Crippen LogP contribution in [0.1, 0.15) is 37.5 Å². The molecule has 0 amide bonds. The fraction of sp³-hybridized carbons (Fsp3) is 0.600. The summed E-state index contributed by atoms with van der Waals surface area (Å²) in [5.41, 5.74) is 3.56. The van der Waals surface area contributed by atoms with E-state index in [-0.39, 0.29) is 5.54 Å². The van der Waals surface area contributed by atoms with Gasteiger partial charge in [-0.1, -0.05) is 18.2 Å². The fourth-order valence-corrected chi connectivity index (χ4v) is 1.68. The molecule has 0 aliphatic rings. The maximum atomic E-state index is 13.8. The van der Waals surface area contributed by atoms with E-state index in [9.17, 15) is 4.39 Å². The zero-order valence-corrected chi connectivity index (χ0v) is 11.6. The molecule has 1 unspecified atom stereocenters. The van der Waals surface area contributed by atoms with E-state index in [1.54, 1.807) is 0 Å². The van der Waals surface area contributed by atoms with Crippen LogP contribution < -0.4 is 5.32 Å². The van der Waals surface area contributed by atoms with Gasteiger partial charge in [0, 0.05) is 18.5 Å². The SMILES string of the molecule is Cc1ccc(CC(F)CNC(C)(C)C)cc1C. The highest BCUT2D eigenvalue weighted by Gasteiger charge is 2.13. The van der Waals surface area contributed by atoms with E-state index >= 15 is 0 Å². The first kappa shape index (κ1) is 14.2. The van der Waals surface area contributed by atoms with Crippen LogP contribution in [0.25, 0.3) is 0 Å². The Morgan fingerprint density at radius 1 is 1.18 bits per heavy atom. The van der Waals surface area contributed by atoms with E-state index < -0.39 is 6.17 Å². The predicted octanol–water partition coefficient (Wildman–Crippen LogP) is 3.57. The molecule has 1 atom stereocenters. The largest absolute Gasteiger partial charge is 0.309 e. The Labute approximate surface area is 104 Å². The van der Waals surface area contributed by atoms with E-state index in [1.165, 1.54) is 11.1 Å². The normalized spacial score (nSPS) is 13.8. The Kier molecular flexibility index (Phi) is 4.70. The van der Waals surface area contributed by atoms with Crippen LogP contribution in [0, 0.1) is 13.8 Å². The summed E-state index contributed by atoms with van der Waals surface area (Å²) in [6, 6.07) is 6.17. The van der Waals surface area contributed by atoms with Crippen molar-refractivity contribution in [1.29, 1.82) is 0 Å². The summed E-state index contributed by atoms with van der Waals surface area (Å²) in [7, 11) is 0. The quantitative estimate of drug-likeness (QED) is 0.844. The highest BCUT2D eigenvalue weighted by atomic mass is 19.1. The summed E-state index contributed by atoms with van der Waals surface area (Å²) in [6.45, 7) is 10.7. The van der Waals surface area contributed by atoms with Crippen LogP contribution in [0.5, 0.6) is 0 Å². The molecule has 0 aliphatic heterocycles.